The molecular formula is C25H33N6O10PS. The van der Waals surface area contributed by atoms with Crippen molar-refractivity contribution < 1.29 is 43.3 Å². The molecule has 2 aromatic heterocycles. The summed E-state index contributed by atoms with van der Waals surface area (Å²) in [5.74, 6) is -1.48. The number of carbonyl (C=O) groups excluding carboxylic acids is 1. The predicted octanol–water partition coefficient (Wildman–Crippen LogP) is 1.01. The molecule has 0 aliphatic carbocycles. The Morgan fingerprint density at radius 3 is 2.67 bits per heavy atom. The number of imidazole rings is 1. The fourth-order valence-electron chi connectivity index (χ4n) is 4.14. The summed E-state index contributed by atoms with van der Waals surface area (Å²) < 4.78 is 32.0. The minimum atomic E-state index is -4.11. The standard InChI is InChI=1S/C25H33N6O10PS/c1-24(2,21(34)35)22(36)43-10-9-39-42(38,28-11-14-7-5-4-6-8-14)40-12-15-17(32)25(3,37)20(41-15)31-13-27-16-18(31)29-23(26)30-19(16)33/h4-8,13,15,17,20,32,37H,9-12H2,1-3H3,(H,28,38)(H,34,35)(H3,26,29,30,33)/t15-,17?,20-,25?,42?/m1/s1. The summed E-state index contributed by atoms with van der Waals surface area (Å²) in [6.07, 6.45) is -2.85. The van der Waals surface area contributed by atoms with Gasteiger partial charge in [0, 0.05) is 12.3 Å². The number of aromatic amines is 1. The average molecular weight is 641 g/mol. The Hall–Kier alpha value is -3.15. The van der Waals surface area contributed by atoms with Crippen LogP contribution in [0.3, 0.4) is 0 Å². The Morgan fingerprint density at radius 1 is 1.30 bits per heavy atom. The number of nitrogens with one attached hydrogen (secondary N) is 2. The van der Waals surface area contributed by atoms with E-state index in [0.717, 1.165) is 17.3 Å². The van der Waals surface area contributed by atoms with Gasteiger partial charge in [0.1, 0.15) is 23.2 Å². The van der Waals surface area contributed by atoms with Crippen LogP contribution in [0.5, 0.6) is 0 Å². The number of nitrogen functional groups attached to an aromatic ring is 1. The van der Waals surface area contributed by atoms with Crippen LogP contribution >= 0.6 is 19.5 Å². The highest BCUT2D eigenvalue weighted by Crippen LogP contribution is 2.47. The van der Waals surface area contributed by atoms with Crippen molar-refractivity contribution in [3.8, 4) is 0 Å². The van der Waals surface area contributed by atoms with Gasteiger partial charge in [-0.05, 0) is 26.3 Å². The van der Waals surface area contributed by atoms with Gasteiger partial charge in [-0.15, -0.1) is 0 Å². The highest BCUT2D eigenvalue weighted by Gasteiger charge is 2.54. The summed E-state index contributed by atoms with van der Waals surface area (Å²) in [5.41, 5.74) is 2.22. The first-order chi connectivity index (χ1) is 20.2. The zero-order valence-corrected chi connectivity index (χ0v) is 25.2. The summed E-state index contributed by atoms with van der Waals surface area (Å²) in [6.45, 7) is 3.20. The maximum absolute atomic E-state index is 13.7. The van der Waals surface area contributed by atoms with Crippen LogP contribution in [-0.2, 0) is 34.5 Å². The number of nitrogens with two attached hydrogens (primary N) is 1. The van der Waals surface area contributed by atoms with E-state index < -0.39 is 60.4 Å². The van der Waals surface area contributed by atoms with E-state index in [1.54, 1.807) is 24.3 Å². The Balaban J connectivity index is 1.46. The molecule has 0 spiro atoms. The van der Waals surface area contributed by atoms with Crippen molar-refractivity contribution in [2.45, 2.75) is 51.4 Å². The molecule has 4 rings (SSSR count). The van der Waals surface area contributed by atoms with Crippen molar-refractivity contribution >= 4 is 47.7 Å². The Kier molecular flexibility index (Phi) is 9.78. The summed E-state index contributed by atoms with van der Waals surface area (Å²) in [4.78, 5) is 46.2. The number of carboxylic acid groups (broad SMARTS) is 1. The average Bonchev–Trinajstić information content (AvgIpc) is 3.47. The molecule has 5 atom stereocenters. The van der Waals surface area contributed by atoms with E-state index in [2.05, 4.69) is 20.0 Å². The SMILES string of the molecule is CC(C)(C(=O)O)C(=O)SCCOP(=O)(NCc1ccccc1)OC[C@H]1O[C@@H](n2cnc3c(=O)[nH]c(N)nc32)C(C)(O)C1O. The van der Waals surface area contributed by atoms with Crippen LogP contribution in [0, 0.1) is 5.41 Å². The lowest BCUT2D eigenvalue weighted by molar-refractivity contribution is -0.149. The van der Waals surface area contributed by atoms with Gasteiger partial charge in [-0.2, -0.15) is 4.98 Å². The van der Waals surface area contributed by atoms with Gasteiger partial charge in [0.25, 0.3) is 5.56 Å². The van der Waals surface area contributed by atoms with Crippen molar-refractivity contribution in [2.75, 3.05) is 24.7 Å². The molecule has 0 amide bonds. The number of hydrogen-bond acceptors (Lipinski definition) is 13. The van der Waals surface area contributed by atoms with Crippen LogP contribution in [0.25, 0.3) is 11.2 Å². The molecule has 3 aromatic rings. The molecule has 16 nitrogen and oxygen atoms in total. The molecule has 7 N–H and O–H groups in total. The molecule has 1 aromatic carbocycles. The molecule has 234 valence electrons. The topological polar surface area (TPSA) is 241 Å². The first kappa shape index (κ1) is 32.8. The van der Waals surface area contributed by atoms with Crippen LogP contribution < -0.4 is 16.4 Å². The zero-order chi connectivity index (χ0) is 31.6. The maximum atomic E-state index is 13.7. The van der Waals surface area contributed by atoms with E-state index in [1.807, 2.05) is 6.07 Å². The van der Waals surface area contributed by atoms with E-state index in [4.69, 9.17) is 19.5 Å². The lowest BCUT2D eigenvalue weighted by Gasteiger charge is -2.27. The van der Waals surface area contributed by atoms with Gasteiger partial charge in [-0.25, -0.2) is 14.6 Å². The number of aliphatic carboxylic acids is 1. The fraction of sp³-hybridized carbons (Fsp3) is 0.480. The normalized spacial score (nSPS) is 23.8. The minimum Gasteiger partial charge on any atom is -0.480 e. The molecule has 0 radical (unpaired) electrons. The predicted molar refractivity (Wildman–Crippen MR) is 155 cm³/mol. The Bertz CT molecular complexity index is 1580. The third kappa shape index (κ3) is 7.16. The second-order valence-electron chi connectivity index (χ2n) is 10.5. The second-order valence-corrected chi connectivity index (χ2v) is 13.4. The summed E-state index contributed by atoms with van der Waals surface area (Å²) in [5, 5.41) is 33.5. The molecule has 0 saturated carbocycles. The molecule has 1 aliphatic rings. The third-order valence-corrected chi connectivity index (χ3v) is 9.51. The molecule has 1 fully saturated rings. The van der Waals surface area contributed by atoms with Gasteiger partial charge in [0.15, 0.2) is 17.4 Å². The van der Waals surface area contributed by atoms with Crippen LogP contribution in [0.1, 0.15) is 32.6 Å². The first-order valence-electron chi connectivity index (χ1n) is 13.0. The highest BCUT2D eigenvalue weighted by molar-refractivity contribution is 8.13. The van der Waals surface area contributed by atoms with Crippen molar-refractivity contribution in [3.63, 3.8) is 0 Å². The van der Waals surface area contributed by atoms with Gasteiger partial charge in [0.05, 0.1) is 19.5 Å². The Labute approximate surface area is 249 Å². The molecule has 3 heterocycles. The number of nitrogens with zero attached hydrogens (tertiary/aromatic N) is 3. The summed E-state index contributed by atoms with van der Waals surface area (Å²) >= 11 is 0.717. The quantitative estimate of drug-likeness (QED) is 0.0868. The van der Waals surface area contributed by atoms with Crippen molar-refractivity contribution in [2.24, 2.45) is 5.41 Å². The largest absolute Gasteiger partial charge is 0.480 e. The van der Waals surface area contributed by atoms with Crippen LogP contribution in [-0.4, -0.2) is 82.7 Å². The molecule has 43 heavy (non-hydrogen) atoms. The number of thioether (sulfide) groups is 1. The van der Waals surface area contributed by atoms with E-state index in [1.165, 1.54) is 31.7 Å². The number of aliphatic hydroxyl groups is 2. The number of aromatic nitrogens is 4. The van der Waals surface area contributed by atoms with Crippen molar-refractivity contribution in [1.82, 2.24) is 24.6 Å². The van der Waals surface area contributed by atoms with E-state index in [-0.39, 0.29) is 36.0 Å². The maximum Gasteiger partial charge on any atom is 0.405 e. The summed E-state index contributed by atoms with van der Waals surface area (Å²) in [7, 11) is -4.11. The monoisotopic (exact) mass is 640 g/mol. The molecule has 1 aliphatic heterocycles. The van der Waals surface area contributed by atoms with Crippen LogP contribution in [0.4, 0.5) is 5.95 Å². The first-order valence-corrected chi connectivity index (χ1v) is 15.6. The summed E-state index contributed by atoms with van der Waals surface area (Å²) in [6, 6.07) is 8.96. The molecular weight excluding hydrogens is 607 g/mol. The Morgan fingerprint density at radius 2 is 2.00 bits per heavy atom. The fourth-order valence-corrected chi connectivity index (χ4v) is 6.37. The molecule has 1 saturated heterocycles. The van der Waals surface area contributed by atoms with Gasteiger partial charge in [-0.3, -0.25) is 33.0 Å². The minimum absolute atomic E-state index is 0.0111. The number of rotatable bonds is 13. The van der Waals surface area contributed by atoms with Gasteiger partial charge in [0.2, 0.25) is 11.1 Å². The van der Waals surface area contributed by atoms with Crippen molar-refractivity contribution in [1.29, 1.82) is 0 Å². The number of carboxylic acids is 1. The zero-order valence-electron chi connectivity index (χ0n) is 23.5. The smallest absolute Gasteiger partial charge is 0.405 e. The highest BCUT2D eigenvalue weighted by atomic mass is 32.2. The van der Waals surface area contributed by atoms with Crippen LogP contribution in [0.2, 0.25) is 0 Å². The van der Waals surface area contributed by atoms with E-state index >= 15 is 0 Å². The van der Waals surface area contributed by atoms with E-state index in [0.29, 0.717) is 0 Å². The lowest BCUT2D eigenvalue weighted by atomic mass is 9.96. The number of hydrogen-bond donors (Lipinski definition) is 6. The number of fused-ring (bicyclic) bond motifs is 1. The second kappa shape index (κ2) is 12.8. The number of benzene rings is 1. The molecule has 18 heteroatoms. The van der Waals surface area contributed by atoms with Gasteiger partial charge < -0.3 is 25.8 Å². The number of carbonyl (C=O) groups is 2. The van der Waals surface area contributed by atoms with E-state index in [9.17, 15) is 34.3 Å². The van der Waals surface area contributed by atoms with Gasteiger partial charge in [-0.1, -0.05) is 42.1 Å². The number of aliphatic hydroxyl groups excluding tert-OH is 1. The number of ether oxygens (including phenoxy) is 1. The van der Waals surface area contributed by atoms with Crippen LogP contribution in [0.15, 0.2) is 41.5 Å². The number of H-pyrrole nitrogens is 1. The van der Waals surface area contributed by atoms with Gasteiger partial charge >= 0.3 is 13.7 Å². The lowest BCUT2D eigenvalue weighted by Crippen LogP contribution is -2.44. The van der Waals surface area contributed by atoms with Crippen molar-refractivity contribution in [3.05, 3.63) is 52.6 Å². The third-order valence-electron chi connectivity index (χ3n) is 6.81. The molecule has 3 unspecified atom stereocenters. The number of anilines is 1. The molecule has 0 bridgehead atoms.